The monoisotopic (exact) mass is 462 g/mol. The maximum Gasteiger partial charge on any atom is 0.264 e. The van der Waals surface area contributed by atoms with E-state index in [1.807, 2.05) is 0 Å². The molecule has 176 valence electrons. The smallest absolute Gasteiger partial charge is 0.264 e. The van der Waals surface area contributed by atoms with Crippen molar-refractivity contribution in [2.45, 2.75) is 44.4 Å². The topological polar surface area (TPSA) is 84.9 Å². The van der Waals surface area contributed by atoms with Gasteiger partial charge >= 0.3 is 0 Å². The summed E-state index contributed by atoms with van der Waals surface area (Å²) in [6.07, 6.45) is 4.21. The summed E-state index contributed by atoms with van der Waals surface area (Å²) >= 11 is 0. The molecule has 8 heteroatoms. The minimum Gasteiger partial charge on any atom is -0.493 e. The Morgan fingerprint density at radius 2 is 1.72 bits per heavy atom. The van der Waals surface area contributed by atoms with Crippen LogP contribution in [0.2, 0.25) is 0 Å². The molecule has 0 fully saturated rings. The van der Waals surface area contributed by atoms with Gasteiger partial charge < -0.3 is 14.8 Å². The van der Waals surface area contributed by atoms with E-state index in [1.54, 1.807) is 36.4 Å². The molecule has 7 nitrogen and oxygen atoms in total. The number of carbonyl (C=O) groups excluding carboxylic acids is 1. The first-order valence-corrected chi connectivity index (χ1v) is 12.4. The van der Waals surface area contributed by atoms with Gasteiger partial charge in [-0.25, -0.2) is 8.42 Å². The highest BCUT2D eigenvalue weighted by molar-refractivity contribution is 7.92. The van der Waals surface area contributed by atoms with Gasteiger partial charge in [-0.3, -0.25) is 9.10 Å². The summed E-state index contributed by atoms with van der Waals surface area (Å²) in [6, 6.07) is 12.9. The quantitative estimate of drug-likeness (QED) is 0.481. The minimum atomic E-state index is -3.98. The van der Waals surface area contributed by atoms with Crippen LogP contribution in [-0.2, 0) is 14.8 Å². The molecule has 0 aliphatic rings. The average Bonchev–Trinajstić information content (AvgIpc) is 2.82. The van der Waals surface area contributed by atoms with Crippen molar-refractivity contribution in [2.75, 3.05) is 31.6 Å². The molecule has 2 aromatic carbocycles. The molecular formula is C24H34N2O5S. The van der Waals surface area contributed by atoms with Crippen molar-refractivity contribution in [3.8, 4) is 11.5 Å². The zero-order valence-corrected chi connectivity index (χ0v) is 20.2. The molecule has 0 aromatic heterocycles. The number of nitrogens with one attached hydrogen (secondary N) is 1. The number of benzene rings is 2. The van der Waals surface area contributed by atoms with Crippen LogP contribution in [0.25, 0.3) is 0 Å². The van der Waals surface area contributed by atoms with Crippen LogP contribution in [-0.4, -0.2) is 41.6 Å². The SMILES string of the molecule is CCCC[C@H](CC)CNC(=O)CN(c1ccc(OC)c(OC)c1)S(=O)(=O)c1ccccc1. The molecule has 1 amide bonds. The summed E-state index contributed by atoms with van der Waals surface area (Å²) in [5, 5.41) is 2.92. The third-order valence-corrected chi connectivity index (χ3v) is 7.19. The van der Waals surface area contributed by atoms with Crippen LogP contribution in [0.1, 0.15) is 39.5 Å². The molecule has 0 radical (unpaired) electrons. The second-order valence-corrected chi connectivity index (χ2v) is 9.45. The predicted molar refractivity (Wildman–Crippen MR) is 127 cm³/mol. The zero-order valence-electron chi connectivity index (χ0n) is 19.3. The van der Waals surface area contributed by atoms with Gasteiger partial charge in [-0.1, -0.05) is 51.3 Å². The Morgan fingerprint density at radius 1 is 1.03 bits per heavy atom. The van der Waals surface area contributed by atoms with E-state index in [0.29, 0.717) is 29.6 Å². The molecule has 32 heavy (non-hydrogen) atoms. The Morgan fingerprint density at radius 3 is 2.31 bits per heavy atom. The maximum atomic E-state index is 13.4. The number of methoxy groups -OCH3 is 2. The molecule has 0 heterocycles. The Labute approximate surface area is 191 Å². The second kappa shape index (κ2) is 12.3. The summed E-state index contributed by atoms with van der Waals surface area (Å²) < 4.78 is 38.6. The zero-order chi connectivity index (χ0) is 23.6. The van der Waals surface area contributed by atoms with Gasteiger partial charge in [-0.2, -0.15) is 0 Å². The summed E-state index contributed by atoms with van der Waals surface area (Å²) in [7, 11) is -0.992. The Balaban J connectivity index is 2.32. The maximum absolute atomic E-state index is 13.4. The molecular weight excluding hydrogens is 428 g/mol. The van der Waals surface area contributed by atoms with Crippen LogP contribution in [0.15, 0.2) is 53.4 Å². The molecule has 0 saturated carbocycles. The molecule has 1 N–H and O–H groups in total. The van der Waals surface area contributed by atoms with Crippen LogP contribution >= 0.6 is 0 Å². The van der Waals surface area contributed by atoms with Crippen LogP contribution in [0, 0.1) is 5.92 Å². The number of unbranched alkanes of at least 4 members (excludes halogenated alkanes) is 1. The largest absolute Gasteiger partial charge is 0.493 e. The van der Waals surface area contributed by atoms with Gasteiger partial charge in [0.15, 0.2) is 11.5 Å². The van der Waals surface area contributed by atoms with Crippen molar-refractivity contribution in [2.24, 2.45) is 5.92 Å². The van der Waals surface area contributed by atoms with Crippen LogP contribution in [0.4, 0.5) is 5.69 Å². The van der Waals surface area contributed by atoms with Gasteiger partial charge in [-0.15, -0.1) is 0 Å². The van der Waals surface area contributed by atoms with Crippen LogP contribution < -0.4 is 19.1 Å². The Kier molecular flexibility index (Phi) is 9.84. The summed E-state index contributed by atoms with van der Waals surface area (Å²) in [6.45, 7) is 4.43. The number of hydrogen-bond acceptors (Lipinski definition) is 5. The van der Waals surface area contributed by atoms with Gasteiger partial charge in [0.2, 0.25) is 5.91 Å². The number of sulfonamides is 1. The van der Waals surface area contributed by atoms with E-state index in [9.17, 15) is 13.2 Å². The molecule has 0 aliphatic heterocycles. The lowest BCUT2D eigenvalue weighted by atomic mass is 9.99. The second-order valence-electron chi connectivity index (χ2n) is 7.58. The van der Waals surface area contributed by atoms with E-state index in [0.717, 1.165) is 30.0 Å². The first-order chi connectivity index (χ1) is 15.4. The summed E-state index contributed by atoms with van der Waals surface area (Å²) in [4.78, 5) is 12.9. The molecule has 0 bridgehead atoms. The van der Waals surface area contributed by atoms with Crippen molar-refractivity contribution in [3.05, 3.63) is 48.5 Å². The number of rotatable bonds is 13. The fourth-order valence-corrected chi connectivity index (χ4v) is 4.84. The molecule has 2 aromatic rings. The molecule has 0 aliphatic carbocycles. The van der Waals surface area contributed by atoms with Crippen molar-refractivity contribution in [3.63, 3.8) is 0 Å². The third-order valence-electron chi connectivity index (χ3n) is 5.40. The van der Waals surface area contributed by atoms with E-state index in [-0.39, 0.29) is 17.3 Å². The van der Waals surface area contributed by atoms with Gasteiger partial charge in [0.05, 0.1) is 24.8 Å². The Bertz CT molecular complexity index is 964. The average molecular weight is 463 g/mol. The van der Waals surface area contributed by atoms with E-state index in [2.05, 4.69) is 19.2 Å². The van der Waals surface area contributed by atoms with Crippen molar-refractivity contribution >= 4 is 21.6 Å². The highest BCUT2D eigenvalue weighted by atomic mass is 32.2. The number of anilines is 1. The van der Waals surface area contributed by atoms with Crippen LogP contribution in [0.5, 0.6) is 11.5 Å². The molecule has 0 unspecified atom stereocenters. The molecule has 0 saturated heterocycles. The predicted octanol–water partition coefficient (Wildman–Crippen LogP) is 4.23. The number of ether oxygens (including phenoxy) is 2. The fourth-order valence-electron chi connectivity index (χ4n) is 3.40. The first kappa shape index (κ1) is 25.5. The van der Waals surface area contributed by atoms with Gasteiger partial charge in [0, 0.05) is 12.6 Å². The van der Waals surface area contributed by atoms with Crippen molar-refractivity contribution in [1.29, 1.82) is 0 Å². The van der Waals surface area contributed by atoms with E-state index >= 15 is 0 Å². The lowest BCUT2D eigenvalue weighted by Gasteiger charge is -2.25. The Hall–Kier alpha value is -2.74. The normalized spacial score (nSPS) is 12.1. The number of nitrogens with zero attached hydrogens (tertiary/aromatic N) is 1. The minimum absolute atomic E-state index is 0.108. The lowest BCUT2D eigenvalue weighted by Crippen LogP contribution is -2.42. The summed E-state index contributed by atoms with van der Waals surface area (Å²) in [5.41, 5.74) is 0.319. The third kappa shape index (κ3) is 6.63. The number of hydrogen-bond donors (Lipinski definition) is 1. The summed E-state index contributed by atoms with van der Waals surface area (Å²) in [5.74, 6) is 0.872. The van der Waals surface area contributed by atoms with Gasteiger partial charge in [0.25, 0.3) is 10.0 Å². The number of carbonyl (C=O) groups is 1. The van der Waals surface area contributed by atoms with Crippen LogP contribution in [0.3, 0.4) is 0 Å². The van der Waals surface area contributed by atoms with E-state index in [1.165, 1.54) is 26.4 Å². The van der Waals surface area contributed by atoms with Gasteiger partial charge in [0.1, 0.15) is 6.54 Å². The first-order valence-electron chi connectivity index (χ1n) is 10.9. The van der Waals surface area contributed by atoms with Crippen molar-refractivity contribution in [1.82, 2.24) is 5.32 Å². The van der Waals surface area contributed by atoms with Gasteiger partial charge in [-0.05, 0) is 36.6 Å². The molecule has 0 spiro atoms. The highest BCUT2D eigenvalue weighted by Crippen LogP contribution is 2.33. The highest BCUT2D eigenvalue weighted by Gasteiger charge is 2.28. The van der Waals surface area contributed by atoms with E-state index in [4.69, 9.17) is 9.47 Å². The lowest BCUT2D eigenvalue weighted by molar-refractivity contribution is -0.119. The molecule has 1 atom stereocenters. The molecule has 2 rings (SSSR count). The van der Waals surface area contributed by atoms with Crippen molar-refractivity contribution < 1.29 is 22.7 Å². The number of amides is 1. The fraction of sp³-hybridized carbons (Fsp3) is 0.458. The standard InChI is InChI=1S/C24H34N2O5S/c1-5-7-11-19(6-2)17-25-24(27)18-26(32(28,29)21-12-9-8-10-13-21)20-14-15-22(30-3)23(16-20)31-4/h8-10,12-16,19H,5-7,11,17-18H2,1-4H3,(H,25,27)/t19-/m0/s1. The van der Waals surface area contributed by atoms with E-state index < -0.39 is 10.0 Å².